The zero-order chi connectivity index (χ0) is 25.4. The van der Waals surface area contributed by atoms with Crippen molar-refractivity contribution in [1.82, 2.24) is 19.7 Å². The molecule has 1 atom stereocenters. The van der Waals surface area contributed by atoms with Gasteiger partial charge in [-0.2, -0.15) is 0 Å². The largest absolute Gasteiger partial charge is 0.482 e. The minimum Gasteiger partial charge on any atom is -0.482 e. The Bertz CT molecular complexity index is 1190. The zero-order valence-corrected chi connectivity index (χ0v) is 21.9. The molecule has 0 aliphatic heterocycles. The third-order valence-corrected chi connectivity index (χ3v) is 6.59. The maximum absolute atomic E-state index is 12.5. The highest BCUT2D eigenvalue weighted by Crippen LogP contribution is 2.27. The molecular formula is C24H29N5O4S2. The molecule has 0 aliphatic rings. The highest BCUT2D eigenvalue weighted by atomic mass is 32.2. The summed E-state index contributed by atoms with van der Waals surface area (Å²) in [6.07, 6.45) is 1.48. The van der Waals surface area contributed by atoms with E-state index in [2.05, 4.69) is 33.1 Å². The second kappa shape index (κ2) is 12.5. The summed E-state index contributed by atoms with van der Waals surface area (Å²) < 4.78 is 13.0. The van der Waals surface area contributed by atoms with Crippen molar-refractivity contribution in [3.63, 3.8) is 0 Å². The molecule has 0 spiro atoms. The first-order valence-corrected chi connectivity index (χ1v) is 13.0. The molecule has 3 rings (SSSR count). The maximum atomic E-state index is 12.5. The number of carbonyl (C=O) groups is 2. The van der Waals surface area contributed by atoms with Gasteiger partial charge in [-0.1, -0.05) is 35.5 Å². The number of rotatable bonds is 12. The number of ether oxygens (including phenoxy) is 2. The fourth-order valence-corrected chi connectivity index (χ4v) is 4.76. The Morgan fingerprint density at radius 1 is 1.31 bits per heavy atom. The summed E-state index contributed by atoms with van der Waals surface area (Å²) in [5.74, 6) is 0.974. The highest BCUT2D eigenvalue weighted by molar-refractivity contribution is 7.99. The number of thioether (sulfide) groups is 1. The molecule has 1 aromatic carbocycles. The third kappa shape index (κ3) is 7.40. The van der Waals surface area contributed by atoms with Crippen LogP contribution in [0.2, 0.25) is 0 Å². The van der Waals surface area contributed by atoms with Crippen LogP contribution in [0.3, 0.4) is 0 Å². The van der Waals surface area contributed by atoms with Gasteiger partial charge in [0.25, 0.3) is 0 Å². The minimum absolute atomic E-state index is 0.0742. The Morgan fingerprint density at radius 3 is 2.83 bits per heavy atom. The van der Waals surface area contributed by atoms with Crippen LogP contribution in [0.15, 0.2) is 41.4 Å². The Hall–Kier alpha value is -3.18. The number of esters is 1. The van der Waals surface area contributed by atoms with E-state index < -0.39 is 0 Å². The molecule has 2 aromatic heterocycles. The van der Waals surface area contributed by atoms with Crippen LogP contribution >= 0.6 is 23.1 Å². The number of thiazole rings is 1. The van der Waals surface area contributed by atoms with Crippen LogP contribution in [0, 0.1) is 13.8 Å². The van der Waals surface area contributed by atoms with Crippen LogP contribution in [0.1, 0.15) is 42.6 Å². The first-order valence-electron chi connectivity index (χ1n) is 11.1. The second-order valence-corrected chi connectivity index (χ2v) is 9.53. The fourth-order valence-electron chi connectivity index (χ4n) is 3.27. The van der Waals surface area contributed by atoms with Gasteiger partial charge in [0, 0.05) is 11.9 Å². The lowest BCUT2D eigenvalue weighted by atomic mass is 10.1. The molecule has 0 bridgehead atoms. The van der Waals surface area contributed by atoms with E-state index in [1.165, 1.54) is 28.7 Å². The standard InChI is InChI=1S/C24H29N5O4S2/c1-6-10-29-22(17(5)33-19-9-8-15(3)11-16(19)4)27-28-24(29)35-14-20(30)26-23-25-18(13-34-23)12-21(31)32-7-2/h6,8-9,11,13,17H,1,7,10,12,14H2,2-5H3,(H,25,26,30). The van der Waals surface area contributed by atoms with Gasteiger partial charge in [-0.3, -0.25) is 14.2 Å². The molecule has 186 valence electrons. The summed E-state index contributed by atoms with van der Waals surface area (Å²) in [5, 5.41) is 14.1. The van der Waals surface area contributed by atoms with Gasteiger partial charge in [0.05, 0.1) is 24.5 Å². The number of nitrogens with zero attached hydrogens (tertiary/aromatic N) is 4. The second-order valence-electron chi connectivity index (χ2n) is 7.73. The van der Waals surface area contributed by atoms with Gasteiger partial charge in [-0.15, -0.1) is 28.1 Å². The Morgan fingerprint density at radius 2 is 2.11 bits per heavy atom. The predicted molar refractivity (Wildman–Crippen MR) is 137 cm³/mol. The van der Waals surface area contributed by atoms with Crippen molar-refractivity contribution >= 4 is 40.1 Å². The van der Waals surface area contributed by atoms with E-state index in [4.69, 9.17) is 9.47 Å². The molecule has 11 heteroatoms. The number of allylic oxidation sites excluding steroid dienone is 1. The maximum Gasteiger partial charge on any atom is 0.311 e. The summed E-state index contributed by atoms with van der Waals surface area (Å²) in [6.45, 7) is 12.3. The number of aryl methyl sites for hydroxylation is 2. The smallest absolute Gasteiger partial charge is 0.311 e. The minimum atomic E-state index is -0.348. The van der Waals surface area contributed by atoms with E-state index in [0.29, 0.717) is 35.0 Å². The Labute approximate surface area is 213 Å². The number of aromatic nitrogens is 4. The van der Waals surface area contributed by atoms with Gasteiger partial charge in [-0.05, 0) is 39.3 Å². The lowest BCUT2D eigenvalue weighted by Gasteiger charge is -2.17. The SMILES string of the molecule is C=CCn1c(SCC(=O)Nc2nc(CC(=O)OCC)cs2)nnc1C(C)Oc1ccc(C)cc1C. The molecule has 1 unspecified atom stereocenters. The van der Waals surface area contributed by atoms with Crippen LogP contribution in [-0.2, 0) is 27.3 Å². The van der Waals surface area contributed by atoms with E-state index in [-0.39, 0.29) is 30.2 Å². The van der Waals surface area contributed by atoms with Crippen molar-refractivity contribution in [2.75, 3.05) is 17.7 Å². The van der Waals surface area contributed by atoms with Gasteiger partial charge < -0.3 is 14.8 Å². The third-order valence-electron chi connectivity index (χ3n) is 4.82. The van der Waals surface area contributed by atoms with Crippen molar-refractivity contribution in [1.29, 1.82) is 0 Å². The molecule has 2 heterocycles. The van der Waals surface area contributed by atoms with Gasteiger partial charge in [0.15, 0.2) is 22.2 Å². The summed E-state index contributed by atoms with van der Waals surface area (Å²) in [6, 6.07) is 6.02. The number of amides is 1. The molecule has 1 N–H and O–H groups in total. The molecule has 0 radical (unpaired) electrons. The van der Waals surface area contributed by atoms with E-state index in [1.54, 1.807) is 18.4 Å². The van der Waals surface area contributed by atoms with Crippen LogP contribution in [0.5, 0.6) is 5.75 Å². The van der Waals surface area contributed by atoms with E-state index in [0.717, 1.165) is 11.3 Å². The van der Waals surface area contributed by atoms with Gasteiger partial charge >= 0.3 is 5.97 Å². The highest BCUT2D eigenvalue weighted by Gasteiger charge is 2.20. The van der Waals surface area contributed by atoms with Crippen molar-refractivity contribution in [3.05, 3.63) is 58.9 Å². The first kappa shape index (κ1) is 26.4. The summed E-state index contributed by atoms with van der Waals surface area (Å²) in [5.41, 5.74) is 2.78. The monoisotopic (exact) mass is 515 g/mol. The molecule has 35 heavy (non-hydrogen) atoms. The number of hydrogen-bond donors (Lipinski definition) is 1. The van der Waals surface area contributed by atoms with Crippen LogP contribution in [0.4, 0.5) is 5.13 Å². The summed E-state index contributed by atoms with van der Waals surface area (Å²) in [7, 11) is 0. The quantitative estimate of drug-likeness (QED) is 0.213. The number of benzene rings is 1. The molecule has 0 fully saturated rings. The van der Waals surface area contributed by atoms with Crippen LogP contribution in [-0.4, -0.2) is 44.0 Å². The molecule has 0 saturated carbocycles. The molecule has 0 saturated heterocycles. The van der Waals surface area contributed by atoms with Crippen molar-refractivity contribution in [2.24, 2.45) is 0 Å². The number of anilines is 1. The lowest BCUT2D eigenvalue weighted by Crippen LogP contribution is -2.16. The number of nitrogens with one attached hydrogen (secondary N) is 1. The zero-order valence-electron chi connectivity index (χ0n) is 20.2. The van der Waals surface area contributed by atoms with Crippen molar-refractivity contribution < 1.29 is 19.1 Å². The van der Waals surface area contributed by atoms with Crippen molar-refractivity contribution in [3.8, 4) is 5.75 Å². The Kier molecular flexibility index (Phi) is 9.44. The molecule has 0 aliphatic carbocycles. The predicted octanol–water partition coefficient (Wildman–Crippen LogP) is 4.51. The molecule has 9 nitrogen and oxygen atoms in total. The van der Waals surface area contributed by atoms with E-state index >= 15 is 0 Å². The molecule has 1 amide bonds. The number of hydrogen-bond acceptors (Lipinski definition) is 9. The average molecular weight is 516 g/mol. The first-order chi connectivity index (χ1) is 16.8. The Balaban J connectivity index is 1.61. The lowest BCUT2D eigenvalue weighted by molar-refractivity contribution is -0.142. The van der Waals surface area contributed by atoms with Crippen molar-refractivity contribution in [2.45, 2.75) is 51.9 Å². The van der Waals surface area contributed by atoms with Crippen LogP contribution < -0.4 is 10.1 Å². The number of carbonyl (C=O) groups excluding carboxylic acids is 2. The summed E-state index contributed by atoms with van der Waals surface area (Å²) in [4.78, 5) is 28.3. The topological polar surface area (TPSA) is 108 Å². The van der Waals surface area contributed by atoms with Gasteiger partial charge in [0.2, 0.25) is 5.91 Å². The molecule has 3 aromatic rings. The van der Waals surface area contributed by atoms with Gasteiger partial charge in [-0.25, -0.2) is 4.98 Å². The fraction of sp³-hybridized carbons (Fsp3) is 0.375. The summed E-state index contributed by atoms with van der Waals surface area (Å²) >= 11 is 2.52. The van der Waals surface area contributed by atoms with E-state index in [1.807, 2.05) is 37.5 Å². The van der Waals surface area contributed by atoms with Crippen LogP contribution in [0.25, 0.3) is 0 Å². The van der Waals surface area contributed by atoms with E-state index in [9.17, 15) is 9.59 Å². The normalized spacial score (nSPS) is 11.7. The molecular weight excluding hydrogens is 486 g/mol. The van der Waals surface area contributed by atoms with Gasteiger partial charge in [0.1, 0.15) is 5.75 Å². The average Bonchev–Trinajstić information content (AvgIpc) is 3.41.